The molecular formula is C14H16Cl2INO2. The van der Waals surface area contributed by atoms with Gasteiger partial charge in [-0.1, -0.05) is 42.5 Å². The van der Waals surface area contributed by atoms with Gasteiger partial charge in [-0.05, 0) is 47.6 Å². The zero-order chi connectivity index (χ0) is 14.7. The lowest BCUT2D eigenvalue weighted by Gasteiger charge is -2.22. The first-order valence-electron chi connectivity index (χ1n) is 6.62. The van der Waals surface area contributed by atoms with E-state index in [1.54, 1.807) is 12.1 Å². The molecule has 1 saturated carbocycles. The SMILES string of the molecule is O=C(NC1CCCCCC1O)c1cc(Cl)cc(Cl)c1I. The molecule has 1 aliphatic rings. The predicted molar refractivity (Wildman–Crippen MR) is 89.5 cm³/mol. The average Bonchev–Trinajstić information content (AvgIpc) is 2.59. The fourth-order valence-corrected chi connectivity index (χ4v) is 3.47. The highest BCUT2D eigenvalue weighted by molar-refractivity contribution is 14.1. The van der Waals surface area contributed by atoms with Crippen LogP contribution < -0.4 is 5.32 Å². The predicted octanol–water partition coefficient (Wildman–Crippen LogP) is 4.02. The zero-order valence-corrected chi connectivity index (χ0v) is 14.5. The van der Waals surface area contributed by atoms with Gasteiger partial charge in [0.05, 0.1) is 22.7 Å². The van der Waals surface area contributed by atoms with Crippen LogP contribution >= 0.6 is 45.8 Å². The van der Waals surface area contributed by atoms with Gasteiger partial charge in [0.15, 0.2) is 0 Å². The Bertz CT molecular complexity index is 510. The van der Waals surface area contributed by atoms with Crippen molar-refractivity contribution >= 4 is 51.7 Å². The maximum absolute atomic E-state index is 12.4. The van der Waals surface area contributed by atoms with Gasteiger partial charge >= 0.3 is 0 Å². The van der Waals surface area contributed by atoms with Crippen LogP contribution in [0.15, 0.2) is 12.1 Å². The Morgan fingerprint density at radius 2 is 1.95 bits per heavy atom. The lowest BCUT2D eigenvalue weighted by molar-refractivity contribution is 0.0818. The maximum Gasteiger partial charge on any atom is 0.252 e. The summed E-state index contributed by atoms with van der Waals surface area (Å²) in [4.78, 5) is 12.4. The second-order valence-electron chi connectivity index (χ2n) is 5.03. The summed E-state index contributed by atoms with van der Waals surface area (Å²) >= 11 is 14.0. The van der Waals surface area contributed by atoms with Crippen LogP contribution in [-0.4, -0.2) is 23.2 Å². The van der Waals surface area contributed by atoms with E-state index in [0.717, 1.165) is 32.1 Å². The molecule has 1 fully saturated rings. The largest absolute Gasteiger partial charge is 0.391 e. The van der Waals surface area contributed by atoms with Gasteiger partial charge in [0.25, 0.3) is 5.91 Å². The third kappa shape index (κ3) is 4.00. The van der Waals surface area contributed by atoms with Crippen molar-refractivity contribution in [3.05, 3.63) is 31.3 Å². The Hall–Kier alpha value is -0.0400. The third-order valence-corrected chi connectivity index (χ3v) is 5.53. The minimum Gasteiger partial charge on any atom is -0.391 e. The van der Waals surface area contributed by atoms with Crippen LogP contribution in [0.25, 0.3) is 0 Å². The van der Waals surface area contributed by atoms with E-state index in [1.165, 1.54) is 0 Å². The molecule has 0 aromatic heterocycles. The maximum atomic E-state index is 12.4. The first-order valence-corrected chi connectivity index (χ1v) is 8.46. The molecule has 0 radical (unpaired) electrons. The van der Waals surface area contributed by atoms with Gasteiger partial charge in [-0.25, -0.2) is 0 Å². The standard InChI is InChI=1S/C14H16Cl2INO2/c15-8-6-9(13(17)10(16)7-8)14(20)18-11-4-2-1-3-5-12(11)19/h6-7,11-12,19H,1-5H2,(H,18,20). The molecule has 2 unspecified atom stereocenters. The Kier molecular flexibility index (Phi) is 5.95. The van der Waals surface area contributed by atoms with Gasteiger partial charge in [0.1, 0.15) is 0 Å². The monoisotopic (exact) mass is 427 g/mol. The highest BCUT2D eigenvalue weighted by atomic mass is 127. The molecule has 0 heterocycles. The van der Waals surface area contributed by atoms with Gasteiger partial charge in [-0.2, -0.15) is 0 Å². The summed E-state index contributed by atoms with van der Waals surface area (Å²) in [6.45, 7) is 0. The number of amides is 1. The normalized spacial score (nSPS) is 23.2. The number of hydrogen-bond acceptors (Lipinski definition) is 2. The van der Waals surface area contributed by atoms with Crippen LogP contribution in [0.1, 0.15) is 42.5 Å². The van der Waals surface area contributed by atoms with Crippen LogP contribution in [0.3, 0.4) is 0 Å². The topological polar surface area (TPSA) is 49.3 Å². The van der Waals surface area contributed by atoms with Crippen LogP contribution in [0.4, 0.5) is 0 Å². The number of aliphatic hydroxyl groups excluding tert-OH is 1. The molecule has 2 N–H and O–H groups in total. The Morgan fingerprint density at radius 1 is 1.25 bits per heavy atom. The highest BCUT2D eigenvalue weighted by Gasteiger charge is 2.24. The number of nitrogens with one attached hydrogen (secondary N) is 1. The van der Waals surface area contributed by atoms with E-state index in [0.29, 0.717) is 19.2 Å². The molecule has 1 aromatic carbocycles. The molecule has 0 aliphatic heterocycles. The van der Waals surface area contributed by atoms with Crippen LogP contribution in [0.2, 0.25) is 10.0 Å². The molecule has 1 aliphatic carbocycles. The Morgan fingerprint density at radius 3 is 2.70 bits per heavy atom. The minimum absolute atomic E-state index is 0.196. The first kappa shape index (κ1) is 16.3. The molecule has 6 heteroatoms. The van der Waals surface area contributed by atoms with E-state index in [2.05, 4.69) is 5.32 Å². The zero-order valence-electron chi connectivity index (χ0n) is 10.8. The molecule has 3 nitrogen and oxygen atoms in total. The second-order valence-corrected chi connectivity index (χ2v) is 6.96. The van der Waals surface area contributed by atoms with Crippen LogP contribution in [0.5, 0.6) is 0 Å². The fraction of sp³-hybridized carbons (Fsp3) is 0.500. The van der Waals surface area contributed by atoms with E-state index < -0.39 is 6.10 Å². The van der Waals surface area contributed by atoms with Crippen molar-refractivity contribution in [3.63, 3.8) is 0 Å². The highest BCUT2D eigenvalue weighted by Crippen LogP contribution is 2.27. The number of rotatable bonds is 2. The lowest BCUT2D eigenvalue weighted by Crippen LogP contribution is -2.42. The molecule has 1 aromatic rings. The summed E-state index contributed by atoms with van der Waals surface area (Å²) < 4.78 is 0.675. The molecule has 0 spiro atoms. The molecule has 2 rings (SSSR count). The van der Waals surface area contributed by atoms with Crippen LogP contribution in [0, 0.1) is 3.57 Å². The van der Waals surface area contributed by atoms with E-state index in [1.807, 2.05) is 22.6 Å². The molecule has 110 valence electrons. The average molecular weight is 428 g/mol. The van der Waals surface area contributed by atoms with Gasteiger partial charge < -0.3 is 10.4 Å². The Labute approximate surface area is 142 Å². The number of carbonyl (C=O) groups excluding carboxylic acids is 1. The van der Waals surface area contributed by atoms with Crippen LogP contribution in [-0.2, 0) is 0 Å². The second kappa shape index (κ2) is 7.29. The molecule has 0 saturated heterocycles. The van der Waals surface area contributed by atoms with Crippen molar-refractivity contribution < 1.29 is 9.90 Å². The minimum atomic E-state index is -0.478. The van der Waals surface area contributed by atoms with E-state index >= 15 is 0 Å². The van der Waals surface area contributed by atoms with Crippen molar-refractivity contribution in [1.82, 2.24) is 5.32 Å². The summed E-state index contributed by atoms with van der Waals surface area (Å²) in [5.41, 5.74) is 0.458. The Balaban J connectivity index is 2.15. The number of benzene rings is 1. The van der Waals surface area contributed by atoms with Crippen molar-refractivity contribution in [3.8, 4) is 0 Å². The van der Waals surface area contributed by atoms with E-state index in [4.69, 9.17) is 23.2 Å². The van der Waals surface area contributed by atoms with Gasteiger partial charge in [-0.15, -0.1) is 0 Å². The van der Waals surface area contributed by atoms with Crippen molar-refractivity contribution in [1.29, 1.82) is 0 Å². The lowest BCUT2D eigenvalue weighted by atomic mass is 10.1. The smallest absolute Gasteiger partial charge is 0.252 e. The number of hydrogen-bond donors (Lipinski definition) is 2. The first-order chi connectivity index (χ1) is 9.49. The molecule has 1 amide bonds. The van der Waals surface area contributed by atoms with Gasteiger partial charge in [0.2, 0.25) is 0 Å². The molecular weight excluding hydrogens is 412 g/mol. The third-order valence-electron chi connectivity index (χ3n) is 3.53. The van der Waals surface area contributed by atoms with Crippen molar-refractivity contribution in [2.45, 2.75) is 44.2 Å². The number of aliphatic hydroxyl groups is 1. The van der Waals surface area contributed by atoms with E-state index in [-0.39, 0.29) is 11.9 Å². The quantitative estimate of drug-likeness (QED) is 0.425. The van der Waals surface area contributed by atoms with Gasteiger partial charge in [0, 0.05) is 8.59 Å². The summed E-state index contributed by atoms with van der Waals surface area (Å²) in [6, 6.07) is 3.02. The number of halogens is 3. The summed E-state index contributed by atoms with van der Waals surface area (Å²) in [5.74, 6) is -0.232. The molecule has 0 bridgehead atoms. The molecule has 20 heavy (non-hydrogen) atoms. The van der Waals surface area contributed by atoms with E-state index in [9.17, 15) is 9.90 Å². The van der Waals surface area contributed by atoms with Crippen molar-refractivity contribution in [2.75, 3.05) is 0 Å². The fourth-order valence-electron chi connectivity index (χ4n) is 2.42. The molecule has 2 atom stereocenters. The number of carbonyl (C=O) groups is 1. The summed E-state index contributed by atoms with van der Waals surface area (Å²) in [7, 11) is 0. The summed E-state index contributed by atoms with van der Waals surface area (Å²) in [6.07, 6.45) is 4.19. The van der Waals surface area contributed by atoms with Crippen molar-refractivity contribution in [2.24, 2.45) is 0 Å². The summed E-state index contributed by atoms with van der Waals surface area (Å²) in [5, 5.41) is 13.9. The van der Waals surface area contributed by atoms with Gasteiger partial charge in [-0.3, -0.25) is 4.79 Å².